The van der Waals surface area contributed by atoms with E-state index in [9.17, 15) is 9.59 Å². The number of nitrogens with two attached hydrogens (primary N) is 1. The van der Waals surface area contributed by atoms with Crippen molar-refractivity contribution < 1.29 is 9.59 Å². The molecule has 0 saturated heterocycles. The molecule has 0 unspecified atom stereocenters. The maximum atomic E-state index is 10.5. The van der Waals surface area contributed by atoms with Crippen LogP contribution in [0.5, 0.6) is 0 Å². The van der Waals surface area contributed by atoms with Gasteiger partial charge in [-0.25, -0.2) is 0 Å². The Morgan fingerprint density at radius 3 is 1.46 bits per heavy atom. The molecule has 2 aromatic rings. The fraction of sp³-hybridized carbons (Fsp3) is 0.263. The van der Waals surface area contributed by atoms with E-state index in [1.54, 1.807) is 36.4 Å². The van der Waals surface area contributed by atoms with Gasteiger partial charge in [-0.3, -0.25) is 20.9 Å². The maximum Gasteiger partial charge on any atom is 0.252 e. The average molecular weight is 420 g/mol. The standard InChI is InChI=1S/C8H7ClO.C7H5ClO.C4H12N2.ClH/c1-6-2-4-7(5-3-6)8(9)10;8-7(9)6-4-2-1-3-5-6;1-4(2,3)6-5;/h2-5H,1H3;1-5H;6H,5H2,1-3H3;1H. The van der Waals surface area contributed by atoms with Crippen LogP contribution < -0.4 is 11.3 Å². The summed E-state index contributed by atoms with van der Waals surface area (Å²) in [6, 6.07) is 15.9. The Balaban J connectivity index is 0. The summed E-state index contributed by atoms with van der Waals surface area (Å²) < 4.78 is 0. The molecule has 0 amide bonds. The zero-order valence-corrected chi connectivity index (χ0v) is 17.6. The first-order valence-electron chi connectivity index (χ1n) is 7.56. The third-order valence-electron chi connectivity index (χ3n) is 2.71. The Labute approximate surface area is 171 Å². The molecule has 2 rings (SSSR count). The van der Waals surface area contributed by atoms with Crippen LogP contribution in [0.4, 0.5) is 0 Å². The Bertz CT molecular complexity index is 655. The van der Waals surface area contributed by atoms with Gasteiger partial charge in [0.25, 0.3) is 10.5 Å². The van der Waals surface area contributed by atoms with Crippen LogP contribution in [-0.2, 0) is 0 Å². The molecular weight excluding hydrogens is 395 g/mol. The molecule has 0 atom stereocenters. The highest BCUT2D eigenvalue weighted by molar-refractivity contribution is 6.68. The van der Waals surface area contributed by atoms with Gasteiger partial charge in [-0.15, -0.1) is 12.4 Å². The molecule has 0 radical (unpaired) electrons. The molecule has 0 spiro atoms. The number of hydrogen-bond acceptors (Lipinski definition) is 4. The van der Waals surface area contributed by atoms with Gasteiger partial charge in [0, 0.05) is 16.7 Å². The van der Waals surface area contributed by atoms with Crippen molar-refractivity contribution in [3.8, 4) is 0 Å². The SMILES string of the molecule is CC(C)(C)NN.Cc1ccc(C(=O)Cl)cc1.Cl.O=C(Cl)c1ccccc1. The van der Waals surface area contributed by atoms with Gasteiger partial charge in [0.1, 0.15) is 0 Å². The van der Waals surface area contributed by atoms with Crippen molar-refractivity contribution in [1.29, 1.82) is 0 Å². The molecule has 144 valence electrons. The molecule has 7 heteroatoms. The van der Waals surface area contributed by atoms with E-state index in [-0.39, 0.29) is 17.9 Å². The molecule has 0 saturated carbocycles. The van der Waals surface area contributed by atoms with E-state index in [1.165, 1.54) is 0 Å². The Morgan fingerprint density at radius 1 is 0.846 bits per heavy atom. The lowest BCUT2D eigenvalue weighted by Crippen LogP contribution is -2.41. The van der Waals surface area contributed by atoms with Crippen LogP contribution >= 0.6 is 35.6 Å². The molecule has 0 aromatic heterocycles. The van der Waals surface area contributed by atoms with E-state index in [4.69, 9.17) is 29.0 Å². The maximum absolute atomic E-state index is 10.5. The lowest BCUT2D eigenvalue weighted by Gasteiger charge is -2.14. The summed E-state index contributed by atoms with van der Waals surface area (Å²) in [7, 11) is 0. The summed E-state index contributed by atoms with van der Waals surface area (Å²) >= 11 is 10.4. The van der Waals surface area contributed by atoms with Crippen molar-refractivity contribution in [2.24, 2.45) is 5.84 Å². The van der Waals surface area contributed by atoms with Crippen LogP contribution in [0.15, 0.2) is 54.6 Å². The minimum atomic E-state index is -0.407. The fourth-order valence-electron chi connectivity index (χ4n) is 1.25. The summed E-state index contributed by atoms with van der Waals surface area (Å²) in [6.45, 7) is 7.98. The first-order chi connectivity index (χ1) is 11.6. The van der Waals surface area contributed by atoms with Crippen LogP contribution in [-0.4, -0.2) is 16.0 Å². The summed E-state index contributed by atoms with van der Waals surface area (Å²) in [5.74, 6) is 5.06. The number of carbonyl (C=O) groups excluding carboxylic acids is 2. The molecular formula is C19H25Cl3N2O2. The second kappa shape index (κ2) is 13.7. The third-order valence-corrected chi connectivity index (χ3v) is 3.15. The first-order valence-corrected chi connectivity index (χ1v) is 8.31. The van der Waals surface area contributed by atoms with Gasteiger partial charge >= 0.3 is 0 Å². The van der Waals surface area contributed by atoms with Crippen molar-refractivity contribution >= 4 is 46.1 Å². The van der Waals surface area contributed by atoms with Gasteiger partial charge in [-0.05, 0) is 63.0 Å². The largest absolute Gasteiger partial charge is 0.276 e. The van der Waals surface area contributed by atoms with Gasteiger partial charge in [-0.2, -0.15) is 0 Å². The number of hydrogen-bond donors (Lipinski definition) is 2. The molecule has 0 fully saturated rings. The molecule has 0 aliphatic heterocycles. The quantitative estimate of drug-likeness (QED) is 0.403. The smallest absolute Gasteiger partial charge is 0.252 e. The van der Waals surface area contributed by atoms with E-state index in [0.29, 0.717) is 11.1 Å². The van der Waals surface area contributed by atoms with Crippen LogP contribution in [0.3, 0.4) is 0 Å². The van der Waals surface area contributed by atoms with Gasteiger partial charge in [0.2, 0.25) is 0 Å². The van der Waals surface area contributed by atoms with Gasteiger partial charge < -0.3 is 0 Å². The first kappa shape index (κ1) is 26.8. The number of benzene rings is 2. The van der Waals surface area contributed by atoms with Crippen molar-refractivity contribution in [3.63, 3.8) is 0 Å². The summed E-state index contributed by atoms with van der Waals surface area (Å²) in [4.78, 5) is 20.9. The van der Waals surface area contributed by atoms with Gasteiger partial charge in [0.15, 0.2) is 0 Å². The number of carbonyl (C=O) groups is 2. The highest BCUT2D eigenvalue weighted by Crippen LogP contribution is 2.05. The molecule has 4 nitrogen and oxygen atoms in total. The van der Waals surface area contributed by atoms with E-state index >= 15 is 0 Å². The van der Waals surface area contributed by atoms with Crippen molar-refractivity contribution in [3.05, 3.63) is 71.3 Å². The highest BCUT2D eigenvalue weighted by atomic mass is 35.5. The molecule has 0 aliphatic carbocycles. The monoisotopic (exact) mass is 418 g/mol. The molecule has 2 aromatic carbocycles. The second-order valence-electron chi connectivity index (χ2n) is 6.17. The lowest BCUT2D eigenvalue weighted by atomic mass is 10.1. The second-order valence-corrected chi connectivity index (χ2v) is 6.86. The van der Waals surface area contributed by atoms with E-state index < -0.39 is 10.5 Å². The number of halogens is 3. The summed E-state index contributed by atoms with van der Waals surface area (Å²) in [6.07, 6.45) is 0. The number of hydrazine groups is 1. The lowest BCUT2D eigenvalue weighted by molar-refractivity contribution is 0.107. The van der Waals surface area contributed by atoms with Crippen molar-refractivity contribution in [2.45, 2.75) is 33.2 Å². The van der Waals surface area contributed by atoms with Crippen molar-refractivity contribution in [2.75, 3.05) is 0 Å². The zero-order chi connectivity index (χ0) is 19.5. The van der Waals surface area contributed by atoms with Crippen LogP contribution in [0.1, 0.15) is 47.1 Å². The molecule has 26 heavy (non-hydrogen) atoms. The fourth-order valence-corrected chi connectivity index (χ4v) is 1.51. The predicted molar refractivity (Wildman–Crippen MR) is 112 cm³/mol. The zero-order valence-electron chi connectivity index (χ0n) is 15.3. The Kier molecular flexibility index (Phi) is 14.2. The molecule has 0 heterocycles. The van der Waals surface area contributed by atoms with E-state index in [2.05, 4.69) is 5.43 Å². The predicted octanol–water partition coefficient (Wildman–Crippen LogP) is 5.11. The summed E-state index contributed by atoms with van der Waals surface area (Å²) in [5.41, 5.74) is 4.89. The molecule has 0 aliphatic rings. The Hall–Kier alpha value is -1.43. The number of nitrogens with one attached hydrogen (secondary N) is 1. The van der Waals surface area contributed by atoms with E-state index in [1.807, 2.05) is 45.9 Å². The molecule has 3 N–H and O–H groups in total. The molecule has 0 bridgehead atoms. The third kappa shape index (κ3) is 13.8. The normalized spacial score (nSPS) is 9.50. The van der Waals surface area contributed by atoms with Gasteiger partial charge in [-0.1, -0.05) is 48.0 Å². The number of aryl methyl sites for hydroxylation is 1. The van der Waals surface area contributed by atoms with Crippen molar-refractivity contribution in [1.82, 2.24) is 5.43 Å². The average Bonchev–Trinajstić information content (AvgIpc) is 2.56. The van der Waals surface area contributed by atoms with E-state index in [0.717, 1.165) is 5.56 Å². The number of rotatable bonds is 2. The Morgan fingerprint density at radius 2 is 1.19 bits per heavy atom. The highest BCUT2D eigenvalue weighted by Gasteiger charge is 2.02. The van der Waals surface area contributed by atoms with Crippen LogP contribution in [0.25, 0.3) is 0 Å². The topological polar surface area (TPSA) is 72.2 Å². The van der Waals surface area contributed by atoms with Crippen LogP contribution in [0.2, 0.25) is 0 Å². The minimum absolute atomic E-state index is 0. The van der Waals surface area contributed by atoms with Crippen LogP contribution in [0, 0.1) is 6.92 Å². The van der Waals surface area contributed by atoms with Gasteiger partial charge in [0.05, 0.1) is 0 Å². The summed E-state index contributed by atoms with van der Waals surface area (Å²) in [5, 5.41) is -0.810. The minimum Gasteiger partial charge on any atom is -0.276 e.